The maximum absolute atomic E-state index is 12.4. The van der Waals surface area contributed by atoms with Gasteiger partial charge in [-0.05, 0) is 43.6 Å². The molecule has 2 unspecified atom stereocenters. The van der Waals surface area contributed by atoms with Crippen LogP contribution in [0.5, 0.6) is 0 Å². The minimum absolute atomic E-state index is 0.000427. The van der Waals surface area contributed by atoms with Gasteiger partial charge in [0.2, 0.25) is 0 Å². The SMILES string of the molecule is C=CC(CCc1ccccc1)C(CCCCC)(CCCCO[N+](=O)[O-])C(=O)O. The number of carbonyl (C=O) groups is 1. The average molecular weight is 392 g/mol. The first kappa shape index (κ1) is 23.7. The van der Waals surface area contributed by atoms with Crippen LogP contribution in [0.25, 0.3) is 0 Å². The lowest BCUT2D eigenvalue weighted by Crippen LogP contribution is -2.38. The number of aliphatic carboxylic acids is 1. The Kier molecular flexibility index (Phi) is 10.9. The maximum atomic E-state index is 12.4. The highest BCUT2D eigenvalue weighted by molar-refractivity contribution is 5.75. The van der Waals surface area contributed by atoms with Gasteiger partial charge in [-0.1, -0.05) is 69.0 Å². The van der Waals surface area contributed by atoms with E-state index in [0.29, 0.717) is 25.7 Å². The number of hydrogen-bond donors (Lipinski definition) is 1. The molecule has 0 aromatic heterocycles. The maximum Gasteiger partial charge on any atom is 0.310 e. The molecule has 0 saturated carbocycles. The molecule has 0 bridgehead atoms. The number of nitrogens with zero attached hydrogens (tertiary/aromatic N) is 1. The van der Waals surface area contributed by atoms with Crippen molar-refractivity contribution in [3.8, 4) is 0 Å². The van der Waals surface area contributed by atoms with Crippen LogP contribution in [-0.2, 0) is 16.1 Å². The van der Waals surface area contributed by atoms with E-state index in [1.807, 2.05) is 18.2 Å². The monoisotopic (exact) mass is 391 g/mol. The molecule has 0 saturated heterocycles. The summed E-state index contributed by atoms with van der Waals surface area (Å²) in [4.78, 5) is 27.1. The molecule has 1 aromatic rings. The molecule has 1 rings (SSSR count). The summed E-state index contributed by atoms with van der Waals surface area (Å²) in [6.07, 6.45) is 8.27. The third-order valence-corrected chi connectivity index (χ3v) is 5.45. The highest BCUT2D eigenvalue weighted by Gasteiger charge is 2.43. The van der Waals surface area contributed by atoms with Crippen LogP contribution in [0, 0.1) is 21.4 Å². The Hall–Kier alpha value is -2.37. The van der Waals surface area contributed by atoms with Crippen LogP contribution in [-0.4, -0.2) is 22.8 Å². The molecule has 0 heterocycles. The van der Waals surface area contributed by atoms with E-state index in [2.05, 4.69) is 30.5 Å². The summed E-state index contributed by atoms with van der Waals surface area (Å²) in [5, 5.41) is 19.7. The number of allylic oxidation sites excluding steroid dienone is 1. The molecule has 0 amide bonds. The second kappa shape index (κ2) is 12.9. The Bertz CT molecular complexity index is 604. The van der Waals surface area contributed by atoms with E-state index in [0.717, 1.165) is 32.1 Å². The normalized spacial score (nSPS) is 14.0. The van der Waals surface area contributed by atoms with Crippen LogP contribution in [0.2, 0.25) is 0 Å². The van der Waals surface area contributed by atoms with Crippen LogP contribution in [0.15, 0.2) is 43.0 Å². The average Bonchev–Trinajstić information content (AvgIpc) is 2.68. The van der Waals surface area contributed by atoms with Crippen molar-refractivity contribution in [3.63, 3.8) is 0 Å². The minimum atomic E-state index is -0.889. The van der Waals surface area contributed by atoms with Crippen molar-refractivity contribution < 1.29 is 19.8 Å². The van der Waals surface area contributed by atoms with Gasteiger partial charge >= 0.3 is 5.97 Å². The largest absolute Gasteiger partial charge is 0.481 e. The van der Waals surface area contributed by atoms with Gasteiger partial charge in [-0.3, -0.25) is 4.79 Å². The molecule has 28 heavy (non-hydrogen) atoms. The van der Waals surface area contributed by atoms with Crippen molar-refractivity contribution in [2.75, 3.05) is 6.61 Å². The lowest BCUT2D eigenvalue weighted by atomic mass is 9.66. The quantitative estimate of drug-likeness (QED) is 0.175. The number of carboxylic acids is 1. The van der Waals surface area contributed by atoms with E-state index in [1.54, 1.807) is 6.08 Å². The summed E-state index contributed by atoms with van der Waals surface area (Å²) in [7, 11) is 0. The van der Waals surface area contributed by atoms with Crippen molar-refractivity contribution >= 4 is 5.97 Å². The van der Waals surface area contributed by atoms with Gasteiger partial charge in [0.25, 0.3) is 5.09 Å². The molecule has 2 atom stereocenters. The fourth-order valence-corrected chi connectivity index (χ4v) is 3.83. The first-order valence-corrected chi connectivity index (χ1v) is 10.1. The molecule has 156 valence electrons. The number of hydrogen-bond acceptors (Lipinski definition) is 4. The van der Waals surface area contributed by atoms with E-state index in [1.165, 1.54) is 5.56 Å². The number of unbranched alkanes of at least 4 members (excludes halogenated alkanes) is 3. The molecular formula is C22H33NO5. The highest BCUT2D eigenvalue weighted by Crippen LogP contribution is 2.42. The molecule has 6 nitrogen and oxygen atoms in total. The van der Waals surface area contributed by atoms with Crippen molar-refractivity contribution in [1.82, 2.24) is 0 Å². The molecule has 1 aromatic carbocycles. The Balaban J connectivity index is 2.87. The highest BCUT2D eigenvalue weighted by atomic mass is 16.9. The molecule has 0 fully saturated rings. The zero-order chi connectivity index (χ0) is 20.8. The van der Waals surface area contributed by atoms with Gasteiger partial charge < -0.3 is 9.94 Å². The zero-order valence-corrected chi connectivity index (χ0v) is 16.8. The molecule has 0 aliphatic rings. The lowest BCUT2D eigenvalue weighted by Gasteiger charge is -2.36. The van der Waals surface area contributed by atoms with Crippen LogP contribution >= 0.6 is 0 Å². The van der Waals surface area contributed by atoms with Gasteiger partial charge in [-0.2, -0.15) is 0 Å². The molecule has 0 aliphatic carbocycles. The van der Waals surface area contributed by atoms with Crippen LogP contribution in [0.1, 0.15) is 63.9 Å². The molecule has 6 heteroatoms. The molecular weight excluding hydrogens is 358 g/mol. The van der Waals surface area contributed by atoms with E-state index < -0.39 is 16.5 Å². The van der Waals surface area contributed by atoms with Crippen molar-refractivity contribution in [3.05, 3.63) is 58.7 Å². The third kappa shape index (κ3) is 7.71. The Labute approximate surface area is 167 Å². The second-order valence-corrected chi connectivity index (χ2v) is 7.30. The molecule has 0 radical (unpaired) electrons. The summed E-state index contributed by atoms with van der Waals surface area (Å²) in [6.45, 7) is 6.04. The van der Waals surface area contributed by atoms with E-state index in [4.69, 9.17) is 0 Å². The van der Waals surface area contributed by atoms with Gasteiger partial charge in [-0.15, -0.1) is 16.7 Å². The predicted octanol–water partition coefficient (Wildman–Crippen LogP) is 5.45. The van der Waals surface area contributed by atoms with Gasteiger partial charge in [0.15, 0.2) is 0 Å². The van der Waals surface area contributed by atoms with Crippen molar-refractivity contribution in [1.29, 1.82) is 0 Å². The van der Waals surface area contributed by atoms with Crippen LogP contribution in [0.3, 0.4) is 0 Å². The van der Waals surface area contributed by atoms with Crippen molar-refractivity contribution in [2.24, 2.45) is 11.3 Å². The molecule has 0 aliphatic heterocycles. The molecule has 0 spiro atoms. The Morgan fingerprint density at radius 3 is 2.43 bits per heavy atom. The van der Waals surface area contributed by atoms with E-state index in [-0.39, 0.29) is 12.5 Å². The number of aryl methyl sites for hydroxylation is 1. The Morgan fingerprint density at radius 1 is 1.25 bits per heavy atom. The molecule has 1 N–H and O–H groups in total. The second-order valence-electron chi connectivity index (χ2n) is 7.30. The van der Waals surface area contributed by atoms with E-state index in [9.17, 15) is 20.0 Å². The fourth-order valence-electron chi connectivity index (χ4n) is 3.83. The zero-order valence-electron chi connectivity index (χ0n) is 16.8. The number of carboxylic acid groups (broad SMARTS) is 1. The lowest BCUT2D eigenvalue weighted by molar-refractivity contribution is -0.757. The smallest absolute Gasteiger partial charge is 0.310 e. The van der Waals surface area contributed by atoms with Gasteiger partial charge in [-0.25, -0.2) is 0 Å². The summed E-state index contributed by atoms with van der Waals surface area (Å²) in [5.74, 6) is -0.949. The fraction of sp³-hybridized carbons (Fsp3) is 0.591. The first-order valence-electron chi connectivity index (χ1n) is 10.1. The predicted molar refractivity (Wildman–Crippen MR) is 109 cm³/mol. The summed E-state index contributed by atoms with van der Waals surface area (Å²) in [5.41, 5.74) is 0.293. The summed E-state index contributed by atoms with van der Waals surface area (Å²) in [6, 6.07) is 10.0. The van der Waals surface area contributed by atoms with Crippen molar-refractivity contribution in [2.45, 2.75) is 64.7 Å². The summed E-state index contributed by atoms with van der Waals surface area (Å²) < 4.78 is 0. The van der Waals surface area contributed by atoms with E-state index >= 15 is 0 Å². The summed E-state index contributed by atoms with van der Waals surface area (Å²) >= 11 is 0. The number of rotatable bonds is 16. The standard InChI is InChI=1S/C22H33NO5/c1-3-5-9-16-22(21(24)25,17-10-11-18-28-23(26)27)20(4-2)15-14-19-12-7-6-8-13-19/h4,6-8,12-13,20H,2-3,5,9-11,14-18H2,1H3,(H,24,25). The van der Waals surface area contributed by atoms with Gasteiger partial charge in [0.05, 0.1) is 12.0 Å². The van der Waals surface area contributed by atoms with Gasteiger partial charge in [0, 0.05) is 0 Å². The topological polar surface area (TPSA) is 89.7 Å². The minimum Gasteiger partial charge on any atom is -0.481 e. The van der Waals surface area contributed by atoms with Crippen LogP contribution in [0.4, 0.5) is 0 Å². The van der Waals surface area contributed by atoms with Crippen LogP contribution < -0.4 is 0 Å². The third-order valence-electron chi connectivity index (χ3n) is 5.45. The first-order chi connectivity index (χ1) is 13.5. The Morgan fingerprint density at radius 2 is 1.89 bits per heavy atom. The van der Waals surface area contributed by atoms with Gasteiger partial charge in [0.1, 0.15) is 0 Å². The number of benzene rings is 1.